The van der Waals surface area contributed by atoms with Crippen LogP contribution in [-0.4, -0.2) is 6.54 Å². The molecule has 0 aromatic heterocycles. The van der Waals surface area contributed by atoms with Crippen molar-refractivity contribution in [3.8, 4) is 0 Å². The Labute approximate surface area is 113 Å². The molecule has 1 atom stereocenters. The van der Waals surface area contributed by atoms with Crippen LogP contribution in [0.3, 0.4) is 0 Å². The average Bonchev–Trinajstić information content (AvgIpc) is 3.11. The first kappa shape index (κ1) is 13.1. The van der Waals surface area contributed by atoms with Crippen LogP contribution in [0.5, 0.6) is 0 Å². The summed E-state index contributed by atoms with van der Waals surface area (Å²) < 4.78 is 1.25. The van der Waals surface area contributed by atoms with E-state index in [2.05, 4.69) is 53.3 Å². The predicted molar refractivity (Wildman–Crippen MR) is 77.3 cm³/mol. The molecule has 0 spiro atoms. The van der Waals surface area contributed by atoms with Crippen molar-refractivity contribution < 1.29 is 0 Å². The summed E-state index contributed by atoms with van der Waals surface area (Å²) >= 11 is 3.69. The first-order chi connectivity index (χ1) is 8.20. The third-order valence-electron chi connectivity index (χ3n) is 3.43. The van der Waals surface area contributed by atoms with Crippen LogP contribution < -0.4 is 5.32 Å². The Bertz CT molecular complexity index is 371. The van der Waals surface area contributed by atoms with Gasteiger partial charge in [0.1, 0.15) is 0 Å². The molecular weight excluding hydrogens is 274 g/mol. The highest BCUT2D eigenvalue weighted by Crippen LogP contribution is 2.39. The maximum atomic E-state index is 3.70. The molecule has 0 amide bonds. The van der Waals surface area contributed by atoms with Crippen LogP contribution in [0.1, 0.15) is 49.8 Å². The smallest absolute Gasteiger partial charge is 0.0334 e. The lowest BCUT2D eigenvalue weighted by Crippen LogP contribution is -2.23. The van der Waals surface area contributed by atoms with Crippen LogP contribution >= 0.6 is 15.9 Å². The Balaban J connectivity index is 2.13. The van der Waals surface area contributed by atoms with E-state index in [4.69, 9.17) is 0 Å². The molecular formula is C15H22BrN. The zero-order valence-corrected chi connectivity index (χ0v) is 12.4. The fourth-order valence-corrected chi connectivity index (χ4v) is 2.78. The molecule has 0 saturated heterocycles. The average molecular weight is 296 g/mol. The molecule has 1 aromatic carbocycles. The van der Waals surface area contributed by atoms with E-state index >= 15 is 0 Å². The third kappa shape index (κ3) is 3.82. The second-order valence-corrected chi connectivity index (χ2v) is 6.07. The maximum Gasteiger partial charge on any atom is 0.0334 e. The van der Waals surface area contributed by atoms with Crippen LogP contribution in [0, 0.1) is 12.8 Å². The van der Waals surface area contributed by atoms with Crippen LogP contribution in [0.2, 0.25) is 0 Å². The lowest BCUT2D eigenvalue weighted by Gasteiger charge is -2.20. The summed E-state index contributed by atoms with van der Waals surface area (Å²) in [7, 11) is 0. The van der Waals surface area contributed by atoms with E-state index in [1.165, 1.54) is 41.3 Å². The van der Waals surface area contributed by atoms with Crippen molar-refractivity contribution in [2.75, 3.05) is 6.54 Å². The molecule has 0 radical (unpaired) electrons. The molecule has 94 valence electrons. The summed E-state index contributed by atoms with van der Waals surface area (Å²) in [6, 6.07) is 7.19. The van der Waals surface area contributed by atoms with Crippen molar-refractivity contribution in [2.45, 2.75) is 45.6 Å². The van der Waals surface area contributed by atoms with Crippen molar-refractivity contribution in [2.24, 2.45) is 5.92 Å². The Morgan fingerprint density at radius 2 is 2.18 bits per heavy atom. The van der Waals surface area contributed by atoms with Gasteiger partial charge in [0.25, 0.3) is 0 Å². The van der Waals surface area contributed by atoms with Crippen LogP contribution in [0.25, 0.3) is 0 Å². The van der Waals surface area contributed by atoms with Gasteiger partial charge in [0.05, 0.1) is 0 Å². The number of halogens is 1. The molecule has 2 rings (SSSR count). The number of benzene rings is 1. The fourth-order valence-electron chi connectivity index (χ4n) is 2.26. The van der Waals surface area contributed by atoms with Gasteiger partial charge in [-0.25, -0.2) is 0 Å². The van der Waals surface area contributed by atoms with E-state index in [-0.39, 0.29) is 0 Å². The van der Waals surface area contributed by atoms with Gasteiger partial charge in [-0.3, -0.25) is 0 Å². The number of nitrogens with one attached hydrogen (secondary N) is 1. The molecule has 1 saturated carbocycles. The minimum Gasteiger partial charge on any atom is -0.310 e. The number of rotatable bonds is 6. The van der Waals surface area contributed by atoms with E-state index in [9.17, 15) is 0 Å². The normalized spacial score (nSPS) is 17.1. The lowest BCUT2D eigenvalue weighted by molar-refractivity contribution is 0.472. The highest BCUT2D eigenvalue weighted by molar-refractivity contribution is 9.10. The quantitative estimate of drug-likeness (QED) is 0.809. The minimum atomic E-state index is 0.525. The van der Waals surface area contributed by atoms with Crippen molar-refractivity contribution in [1.29, 1.82) is 0 Å². The molecule has 1 fully saturated rings. The van der Waals surface area contributed by atoms with E-state index in [0.29, 0.717) is 6.04 Å². The van der Waals surface area contributed by atoms with Crippen molar-refractivity contribution in [3.63, 3.8) is 0 Å². The van der Waals surface area contributed by atoms with Crippen molar-refractivity contribution in [1.82, 2.24) is 5.32 Å². The molecule has 0 heterocycles. The molecule has 1 aliphatic rings. The summed E-state index contributed by atoms with van der Waals surface area (Å²) in [4.78, 5) is 0. The van der Waals surface area contributed by atoms with Crippen molar-refractivity contribution >= 4 is 15.9 Å². The maximum absolute atomic E-state index is 3.70. The van der Waals surface area contributed by atoms with Gasteiger partial charge in [-0.15, -0.1) is 0 Å². The second kappa shape index (κ2) is 6.01. The largest absolute Gasteiger partial charge is 0.310 e. The molecule has 1 nitrogen and oxygen atoms in total. The summed E-state index contributed by atoms with van der Waals surface area (Å²) in [5, 5.41) is 3.70. The van der Waals surface area contributed by atoms with E-state index in [1.807, 2.05) is 0 Å². The SMILES string of the molecule is CCCNC(CC1CC1)c1cc(C)ccc1Br. The molecule has 1 aliphatic carbocycles. The number of aryl methyl sites for hydroxylation is 1. The van der Waals surface area contributed by atoms with Gasteiger partial charge in [-0.05, 0) is 43.9 Å². The zero-order chi connectivity index (χ0) is 12.3. The molecule has 2 heteroatoms. The van der Waals surface area contributed by atoms with Crippen molar-refractivity contribution in [3.05, 3.63) is 33.8 Å². The van der Waals surface area contributed by atoms with Crippen LogP contribution in [0.4, 0.5) is 0 Å². The molecule has 1 unspecified atom stereocenters. The number of hydrogen-bond acceptors (Lipinski definition) is 1. The summed E-state index contributed by atoms with van der Waals surface area (Å²) in [6.07, 6.45) is 5.34. The molecule has 1 N–H and O–H groups in total. The standard InChI is InChI=1S/C15H22BrN/c1-3-8-17-15(10-12-5-6-12)13-9-11(2)4-7-14(13)16/h4,7,9,12,15,17H,3,5-6,8,10H2,1-2H3. The Hall–Kier alpha value is -0.340. The molecule has 0 aliphatic heterocycles. The van der Waals surface area contributed by atoms with E-state index < -0.39 is 0 Å². The van der Waals surface area contributed by atoms with E-state index in [0.717, 1.165) is 12.5 Å². The highest BCUT2D eigenvalue weighted by atomic mass is 79.9. The summed E-state index contributed by atoms with van der Waals surface area (Å²) in [5.41, 5.74) is 2.78. The first-order valence-corrected chi connectivity index (χ1v) is 7.49. The Morgan fingerprint density at radius 3 is 2.82 bits per heavy atom. The summed E-state index contributed by atoms with van der Waals surface area (Å²) in [6.45, 7) is 5.51. The Morgan fingerprint density at radius 1 is 1.41 bits per heavy atom. The first-order valence-electron chi connectivity index (χ1n) is 6.70. The van der Waals surface area contributed by atoms with Gasteiger partial charge in [-0.1, -0.05) is 53.4 Å². The summed E-state index contributed by atoms with van der Waals surface area (Å²) in [5.74, 6) is 0.955. The van der Waals surface area contributed by atoms with Gasteiger partial charge in [-0.2, -0.15) is 0 Å². The molecule has 17 heavy (non-hydrogen) atoms. The van der Waals surface area contributed by atoms with E-state index in [1.54, 1.807) is 0 Å². The van der Waals surface area contributed by atoms with Gasteiger partial charge >= 0.3 is 0 Å². The number of hydrogen-bond donors (Lipinski definition) is 1. The molecule has 0 bridgehead atoms. The van der Waals surface area contributed by atoms with Gasteiger partial charge in [0.15, 0.2) is 0 Å². The molecule has 1 aromatic rings. The zero-order valence-electron chi connectivity index (χ0n) is 10.8. The predicted octanol–water partition coefficient (Wildman–Crippen LogP) is 4.60. The Kier molecular flexibility index (Phi) is 4.63. The lowest BCUT2D eigenvalue weighted by atomic mass is 9.99. The van der Waals surface area contributed by atoms with Gasteiger partial charge < -0.3 is 5.32 Å². The topological polar surface area (TPSA) is 12.0 Å². The van der Waals surface area contributed by atoms with Crippen LogP contribution in [-0.2, 0) is 0 Å². The second-order valence-electron chi connectivity index (χ2n) is 5.21. The highest BCUT2D eigenvalue weighted by Gasteiger charge is 2.26. The minimum absolute atomic E-state index is 0.525. The van der Waals surface area contributed by atoms with Gasteiger partial charge in [0, 0.05) is 10.5 Å². The fraction of sp³-hybridized carbons (Fsp3) is 0.600. The van der Waals surface area contributed by atoms with Gasteiger partial charge in [0.2, 0.25) is 0 Å². The third-order valence-corrected chi connectivity index (χ3v) is 4.16. The monoisotopic (exact) mass is 295 g/mol. The van der Waals surface area contributed by atoms with Crippen LogP contribution in [0.15, 0.2) is 22.7 Å².